The summed E-state index contributed by atoms with van der Waals surface area (Å²) in [6.45, 7) is 2.05. The van der Waals surface area contributed by atoms with Gasteiger partial charge in [-0.3, -0.25) is 19.4 Å². The van der Waals surface area contributed by atoms with E-state index < -0.39 is 17.8 Å². The van der Waals surface area contributed by atoms with Gasteiger partial charge in [0.1, 0.15) is 5.57 Å². The van der Waals surface area contributed by atoms with Crippen molar-refractivity contribution in [1.82, 2.24) is 4.57 Å². The van der Waals surface area contributed by atoms with Crippen LogP contribution in [-0.2, 0) is 14.3 Å². The van der Waals surface area contributed by atoms with Gasteiger partial charge in [0, 0.05) is 11.3 Å². The van der Waals surface area contributed by atoms with E-state index in [9.17, 15) is 14.4 Å². The predicted octanol–water partition coefficient (Wildman–Crippen LogP) is 8.74. The molecule has 1 fully saturated rings. The summed E-state index contributed by atoms with van der Waals surface area (Å²) in [6, 6.07) is 47.1. The van der Waals surface area contributed by atoms with Gasteiger partial charge in [-0.2, -0.15) is 0 Å². The maximum Gasteiger partial charge on any atom is 0.338 e. The molecule has 0 atom stereocenters. The highest BCUT2D eigenvalue weighted by atomic mass is 32.1. The number of hydrogen-bond donors (Lipinski definition) is 0. The van der Waals surface area contributed by atoms with Crippen LogP contribution in [0.5, 0.6) is 0 Å². The second-order valence-electron chi connectivity index (χ2n) is 11.5. The summed E-state index contributed by atoms with van der Waals surface area (Å²) in [5.74, 6) is -1.45. The summed E-state index contributed by atoms with van der Waals surface area (Å²) in [6.07, 6.45) is 1.66. The van der Waals surface area contributed by atoms with Crippen LogP contribution in [0.25, 0.3) is 34.3 Å². The smallest absolute Gasteiger partial charge is 0.338 e. The van der Waals surface area contributed by atoms with Crippen molar-refractivity contribution >= 4 is 52.6 Å². The Morgan fingerprint density at radius 1 is 0.640 bits per heavy atom. The Morgan fingerprint density at radius 2 is 1.12 bits per heavy atom. The molecule has 0 aliphatic carbocycles. The largest absolute Gasteiger partial charge is 0.462 e. The number of carbonyl (C=O) groups is 3. The lowest BCUT2D eigenvalue weighted by atomic mass is 10.0. The van der Waals surface area contributed by atoms with Crippen LogP contribution < -0.4 is 9.80 Å². The number of nitrogens with zero attached hydrogens (tertiary/aromatic N) is 3. The Morgan fingerprint density at radius 3 is 1.62 bits per heavy atom. The zero-order valence-electron chi connectivity index (χ0n) is 27.1. The second kappa shape index (κ2) is 14.0. The molecule has 244 valence electrons. The lowest BCUT2D eigenvalue weighted by Crippen LogP contribution is -2.56. The lowest BCUT2D eigenvalue weighted by molar-refractivity contribution is -0.120. The molecule has 7 rings (SSSR count). The van der Waals surface area contributed by atoms with Crippen LogP contribution in [0.3, 0.4) is 0 Å². The third-order valence-corrected chi connectivity index (χ3v) is 8.73. The summed E-state index contributed by atoms with van der Waals surface area (Å²) < 4.78 is 7.30. The Hall–Kier alpha value is -6.38. The first-order valence-electron chi connectivity index (χ1n) is 16.1. The fourth-order valence-corrected chi connectivity index (χ4v) is 6.45. The summed E-state index contributed by atoms with van der Waals surface area (Å²) in [7, 11) is 0. The van der Waals surface area contributed by atoms with Crippen molar-refractivity contribution < 1.29 is 19.1 Å². The maximum atomic E-state index is 14.4. The lowest BCUT2D eigenvalue weighted by Gasteiger charge is -2.36. The number of aromatic nitrogens is 1. The van der Waals surface area contributed by atoms with Crippen LogP contribution in [-0.4, -0.2) is 34.1 Å². The van der Waals surface area contributed by atoms with Crippen molar-refractivity contribution in [2.75, 3.05) is 16.4 Å². The van der Waals surface area contributed by atoms with Crippen LogP contribution in [0.15, 0.2) is 157 Å². The first-order chi connectivity index (χ1) is 24.5. The van der Waals surface area contributed by atoms with E-state index in [0.717, 1.165) is 28.2 Å². The topological polar surface area (TPSA) is 71.8 Å². The minimum absolute atomic E-state index is 0.0436. The van der Waals surface area contributed by atoms with E-state index in [4.69, 9.17) is 17.0 Å². The van der Waals surface area contributed by atoms with Gasteiger partial charge in [0.2, 0.25) is 0 Å². The quantitative estimate of drug-likeness (QED) is 0.0700. The van der Waals surface area contributed by atoms with Gasteiger partial charge in [-0.15, -0.1) is 0 Å². The average molecular weight is 674 g/mol. The second-order valence-corrected chi connectivity index (χ2v) is 11.8. The molecule has 0 bridgehead atoms. The summed E-state index contributed by atoms with van der Waals surface area (Å²) in [5.41, 5.74) is 6.28. The fourth-order valence-electron chi connectivity index (χ4n) is 6.08. The van der Waals surface area contributed by atoms with Crippen molar-refractivity contribution in [1.29, 1.82) is 0 Å². The molecule has 2 heterocycles. The van der Waals surface area contributed by atoms with Gasteiger partial charge in [0.25, 0.3) is 11.8 Å². The molecule has 5 aromatic carbocycles. The van der Waals surface area contributed by atoms with Crippen molar-refractivity contribution in [3.63, 3.8) is 0 Å². The normalized spacial score (nSPS) is 13.1. The van der Waals surface area contributed by atoms with Gasteiger partial charge in [-0.1, -0.05) is 97.1 Å². The minimum atomic E-state index is -0.523. The molecule has 0 spiro atoms. The maximum absolute atomic E-state index is 14.4. The molecule has 0 N–H and O–H groups in total. The molecule has 1 aliphatic heterocycles. The van der Waals surface area contributed by atoms with Gasteiger partial charge in [-0.25, -0.2) is 4.79 Å². The molecule has 0 radical (unpaired) electrons. The highest BCUT2D eigenvalue weighted by Crippen LogP contribution is 2.38. The van der Waals surface area contributed by atoms with Crippen molar-refractivity contribution in [2.24, 2.45) is 0 Å². The first kappa shape index (κ1) is 32.2. The molecular weight excluding hydrogens is 643 g/mol. The van der Waals surface area contributed by atoms with E-state index in [2.05, 4.69) is 4.57 Å². The zero-order valence-corrected chi connectivity index (χ0v) is 27.9. The molecule has 0 saturated carbocycles. The van der Waals surface area contributed by atoms with E-state index >= 15 is 0 Å². The number of amides is 2. The molecule has 1 aliphatic rings. The minimum Gasteiger partial charge on any atom is -0.462 e. The monoisotopic (exact) mass is 673 g/mol. The van der Waals surface area contributed by atoms with Gasteiger partial charge >= 0.3 is 5.97 Å². The number of esters is 1. The Labute approximate surface area is 295 Å². The highest BCUT2D eigenvalue weighted by Gasteiger charge is 2.41. The number of carbonyl (C=O) groups excluding carboxylic acids is 3. The number of rotatable bonds is 8. The first-order valence-corrected chi connectivity index (χ1v) is 16.6. The third kappa shape index (κ3) is 6.04. The van der Waals surface area contributed by atoms with Crippen LogP contribution in [0.2, 0.25) is 0 Å². The Kier molecular flexibility index (Phi) is 9.01. The van der Waals surface area contributed by atoms with E-state index in [1.807, 2.05) is 115 Å². The molecular formula is C42H31N3O4S. The Balaban J connectivity index is 1.48. The summed E-state index contributed by atoms with van der Waals surface area (Å²) in [5, 5.41) is 0.0714. The molecule has 8 heteroatoms. The average Bonchev–Trinajstić information content (AvgIpc) is 3.54. The number of hydrogen-bond acceptors (Lipinski definition) is 5. The Bertz CT molecular complexity index is 2170. The van der Waals surface area contributed by atoms with Crippen LogP contribution in [0.1, 0.15) is 22.8 Å². The van der Waals surface area contributed by atoms with E-state index in [-0.39, 0.29) is 17.3 Å². The van der Waals surface area contributed by atoms with Crippen LogP contribution in [0, 0.1) is 0 Å². The molecule has 7 nitrogen and oxygen atoms in total. The van der Waals surface area contributed by atoms with E-state index in [1.54, 1.807) is 49.4 Å². The number of para-hydroxylation sites is 2. The number of benzene rings is 5. The SMILES string of the molecule is CCOC(=O)c1ccc(-n2c(-c3ccccc3)cc(C=C3C(=O)N(c4ccccc4)C(=S)N(c4ccccc4)C3=O)c2-c2ccccc2)cc1. The van der Waals surface area contributed by atoms with Crippen molar-refractivity contribution in [2.45, 2.75) is 6.92 Å². The number of thiocarbonyl (C=S) groups is 1. The molecule has 2 amide bonds. The van der Waals surface area contributed by atoms with E-state index in [0.29, 0.717) is 22.5 Å². The van der Waals surface area contributed by atoms with Crippen molar-refractivity contribution in [3.05, 3.63) is 168 Å². The number of anilines is 2. The van der Waals surface area contributed by atoms with Gasteiger partial charge in [-0.05, 0) is 90.9 Å². The van der Waals surface area contributed by atoms with Gasteiger partial charge < -0.3 is 9.30 Å². The van der Waals surface area contributed by atoms with Crippen LogP contribution in [0.4, 0.5) is 11.4 Å². The zero-order chi connectivity index (χ0) is 34.6. The number of ether oxygens (including phenoxy) is 1. The predicted molar refractivity (Wildman–Crippen MR) is 201 cm³/mol. The summed E-state index contributed by atoms with van der Waals surface area (Å²) in [4.78, 5) is 44.2. The molecule has 0 unspecified atom stereocenters. The molecule has 6 aromatic rings. The molecule has 1 saturated heterocycles. The third-order valence-electron chi connectivity index (χ3n) is 8.36. The summed E-state index contributed by atoms with van der Waals surface area (Å²) >= 11 is 5.83. The van der Waals surface area contributed by atoms with Crippen LogP contribution >= 0.6 is 12.2 Å². The van der Waals surface area contributed by atoms with Gasteiger partial charge in [0.15, 0.2) is 5.11 Å². The van der Waals surface area contributed by atoms with Crippen molar-refractivity contribution in [3.8, 4) is 28.2 Å². The molecule has 50 heavy (non-hydrogen) atoms. The highest BCUT2D eigenvalue weighted by molar-refractivity contribution is 7.81. The van der Waals surface area contributed by atoms with E-state index in [1.165, 1.54) is 9.80 Å². The van der Waals surface area contributed by atoms with Gasteiger partial charge in [0.05, 0.1) is 34.9 Å². The standard InChI is InChI=1S/C42H31N3O4S/c1-2-49-41(48)31-23-25-35(26-24-31)43-37(29-15-7-3-8-16-29)28-32(38(43)30-17-9-4-10-18-30)27-36-39(46)44(33-19-11-5-12-20-33)42(50)45(40(36)47)34-21-13-6-14-22-34/h3-28H,2H2,1H3. The molecule has 1 aromatic heterocycles. The fraction of sp³-hybridized carbons (Fsp3) is 0.0476.